The van der Waals surface area contributed by atoms with Crippen LogP contribution in [0.3, 0.4) is 0 Å². The maximum atomic E-state index is 13.1. The van der Waals surface area contributed by atoms with Gasteiger partial charge in [-0.2, -0.15) is 30.4 Å². The van der Waals surface area contributed by atoms with Crippen LogP contribution in [0.25, 0.3) is 0 Å². The molecule has 3 N–H and O–H groups in total. The predicted molar refractivity (Wildman–Crippen MR) is 415 cm³/mol. The summed E-state index contributed by atoms with van der Waals surface area (Å²) in [4.78, 5) is 53.2. The molecule has 117 heavy (non-hydrogen) atoms. The van der Waals surface area contributed by atoms with E-state index in [1.807, 2.05) is 18.0 Å². The van der Waals surface area contributed by atoms with Gasteiger partial charge in [0, 0.05) is 152 Å². The second kappa shape index (κ2) is 37.4. The molecular weight excluding hydrogens is 1620 g/mol. The highest BCUT2D eigenvalue weighted by molar-refractivity contribution is 7.90. The fraction of sp³-hybridized carbons (Fsp3) is 0.538. The van der Waals surface area contributed by atoms with Crippen molar-refractivity contribution >= 4 is 63.4 Å². The molecular formula is C78H100F6N10O19S4. The molecule has 39 heteroatoms. The molecule has 10 fully saturated rings. The lowest BCUT2D eigenvalue weighted by Crippen LogP contribution is -2.54. The minimum absolute atomic E-state index is 0.00771. The minimum atomic E-state index is -5.00. The first-order valence-electron chi connectivity index (χ1n) is 38.6. The van der Waals surface area contributed by atoms with Gasteiger partial charge in [-0.05, 0) is 157 Å². The van der Waals surface area contributed by atoms with Crippen LogP contribution in [0.15, 0.2) is 154 Å². The van der Waals surface area contributed by atoms with Gasteiger partial charge in [-0.15, -0.1) is 19.8 Å². The molecule has 642 valence electrons. The monoisotopic (exact) mass is 1720 g/mol. The summed E-state index contributed by atoms with van der Waals surface area (Å²) >= 11 is 0. The summed E-state index contributed by atoms with van der Waals surface area (Å²) in [6.45, 7) is 18.9. The van der Waals surface area contributed by atoms with Crippen molar-refractivity contribution < 1.29 is 112 Å². The van der Waals surface area contributed by atoms with Crippen LogP contribution in [0.5, 0.6) is 11.5 Å². The quantitative estimate of drug-likeness (QED) is 0.0484. The number of sulfonamides is 4. The molecule has 10 aliphatic heterocycles. The van der Waals surface area contributed by atoms with Crippen LogP contribution in [0.1, 0.15) is 119 Å². The molecule has 10 saturated heterocycles. The Hall–Kier alpha value is -7.26. The molecule has 5 spiro atoms. The summed E-state index contributed by atoms with van der Waals surface area (Å²) in [5.74, 6) is -1.91. The maximum Gasteiger partial charge on any atom is 0.573 e. The number of likely N-dealkylation sites (tertiary alicyclic amines) is 2. The van der Waals surface area contributed by atoms with Gasteiger partial charge in [0.25, 0.3) is 11.7 Å². The molecule has 10 heterocycles. The standard InChI is InChI=1S/C17H24N2O4S.C16H22N2O4S.C16H20N2O3.C15H17F3N2O4S.C14H17F3N2O4S/c1-3-10-18-11-8-17(9-12-18)19(13-14-23-17)24(20,21)16-6-4-15(22-2)5-7-16;1-13(19)14-3-5-15(6-4-14)23(20,21)18-11-12-22-16(18)7-9-17(2)10-8-16;1-12(19)13-2-4-14(5-3-13)15(20)18-10-11-21-16(18)6-8-17-9-7-16;16-15(17,18)13(21)11-1-3-12(4-2-11)25(22,23)20-9-10-24-14(20)5-7-19-8-6-14;15-14(16,17)23-11-1-3-12(4-2-11)24(20,21)19-9-10-22-13(19)5-7-18-8-6-13/h3-7H,1,8-14H2,2H3;3-6H,7-12H2,1-2H3;2-5,17H,6-11H2,1H3;1-4,19H,5-10H2;1-4,18H,5-10H2. The van der Waals surface area contributed by atoms with Crippen LogP contribution in [0.2, 0.25) is 0 Å². The van der Waals surface area contributed by atoms with E-state index < -0.39 is 98.4 Å². The number of alkyl halides is 6. The number of hydrogen-bond acceptors (Lipinski definition) is 24. The van der Waals surface area contributed by atoms with Gasteiger partial charge < -0.3 is 58.9 Å². The third-order valence-corrected chi connectivity index (χ3v) is 30.3. The van der Waals surface area contributed by atoms with Gasteiger partial charge in [0.2, 0.25) is 40.1 Å². The molecule has 0 aromatic heterocycles. The zero-order valence-corrected chi connectivity index (χ0v) is 68.8. The van der Waals surface area contributed by atoms with E-state index in [-0.39, 0.29) is 56.8 Å². The van der Waals surface area contributed by atoms with E-state index in [1.165, 1.54) is 38.9 Å². The summed E-state index contributed by atoms with van der Waals surface area (Å²) < 4.78 is 221. The molecule has 15 rings (SSSR count). The number of methoxy groups -OCH3 is 1. The second-order valence-corrected chi connectivity index (χ2v) is 37.1. The molecule has 0 radical (unpaired) electrons. The zero-order valence-electron chi connectivity index (χ0n) is 65.5. The number of carbonyl (C=O) groups is 4. The Balaban J connectivity index is 0.000000144. The molecule has 0 atom stereocenters. The molecule has 5 aromatic rings. The number of halogens is 6. The fourth-order valence-electron chi connectivity index (χ4n) is 16.2. The zero-order chi connectivity index (χ0) is 84.5. The number of Topliss-reactive ketones (excluding diaryl/α,β-unsaturated/α-hetero) is 3. The molecule has 0 unspecified atom stereocenters. The highest BCUT2D eigenvalue weighted by Gasteiger charge is 2.55. The number of amides is 1. The lowest BCUT2D eigenvalue weighted by Gasteiger charge is -2.42. The number of carbonyl (C=O) groups excluding carboxylic acids is 4. The van der Waals surface area contributed by atoms with Gasteiger partial charge in [0.15, 0.2) is 11.6 Å². The molecule has 0 aliphatic carbocycles. The lowest BCUT2D eigenvalue weighted by molar-refractivity contribution is -0.274. The average Bonchev–Trinajstić information content (AvgIpc) is 1.68. The number of ketones is 3. The number of nitrogens with zero attached hydrogens (tertiary/aromatic N) is 7. The summed E-state index contributed by atoms with van der Waals surface area (Å²) in [7, 11) is -11.4. The highest BCUT2D eigenvalue weighted by Crippen LogP contribution is 2.43. The minimum Gasteiger partial charge on any atom is -0.497 e. The highest BCUT2D eigenvalue weighted by atomic mass is 32.2. The van der Waals surface area contributed by atoms with Crippen LogP contribution in [-0.2, 0) is 63.8 Å². The number of ether oxygens (including phenoxy) is 7. The van der Waals surface area contributed by atoms with Gasteiger partial charge in [0.1, 0.15) is 40.1 Å². The van der Waals surface area contributed by atoms with Crippen LogP contribution >= 0.6 is 0 Å². The van der Waals surface area contributed by atoms with Crippen molar-refractivity contribution in [3.05, 3.63) is 156 Å². The molecule has 29 nitrogen and oxygen atoms in total. The Morgan fingerprint density at radius 2 is 0.718 bits per heavy atom. The van der Waals surface area contributed by atoms with E-state index in [0.717, 1.165) is 107 Å². The van der Waals surface area contributed by atoms with E-state index in [2.05, 4.69) is 37.1 Å². The van der Waals surface area contributed by atoms with Crippen LogP contribution in [0, 0.1) is 0 Å². The van der Waals surface area contributed by atoms with E-state index in [0.29, 0.717) is 146 Å². The normalized spacial score (nSPS) is 21.7. The number of benzene rings is 5. The van der Waals surface area contributed by atoms with Crippen molar-refractivity contribution in [2.24, 2.45) is 0 Å². The van der Waals surface area contributed by atoms with Crippen LogP contribution in [-0.4, -0.2) is 282 Å². The van der Waals surface area contributed by atoms with Crippen molar-refractivity contribution in [2.45, 2.75) is 139 Å². The Morgan fingerprint density at radius 3 is 1.06 bits per heavy atom. The Labute approximate surface area is 678 Å². The van der Waals surface area contributed by atoms with E-state index in [1.54, 1.807) is 72.1 Å². The van der Waals surface area contributed by atoms with Crippen LogP contribution < -0.4 is 25.4 Å². The van der Waals surface area contributed by atoms with E-state index >= 15 is 0 Å². The Kier molecular flexibility index (Phi) is 28.9. The molecule has 0 bridgehead atoms. The van der Waals surface area contributed by atoms with Gasteiger partial charge in [-0.1, -0.05) is 30.3 Å². The first-order valence-corrected chi connectivity index (χ1v) is 44.4. The van der Waals surface area contributed by atoms with Crippen molar-refractivity contribution in [2.75, 3.05) is 152 Å². The van der Waals surface area contributed by atoms with Gasteiger partial charge in [-0.3, -0.25) is 24.1 Å². The number of rotatable bonds is 16. The average molecular weight is 1720 g/mol. The van der Waals surface area contributed by atoms with Gasteiger partial charge in [-0.25, -0.2) is 33.7 Å². The van der Waals surface area contributed by atoms with Crippen molar-refractivity contribution in [3.8, 4) is 11.5 Å². The summed E-state index contributed by atoms with van der Waals surface area (Å²) in [5.41, 5.74) is -2.50. The third-order valence-electron chi connectivity index (χ3n) is 22.5. The SMILES string of the molecule is C=CCN1CCC2(CC1)OCCN2S(=O)(=O)c1ccc(OC)cc1.CC(=O)c1ccc(C(=O)N2CCOC23CCNCC3)cc1.CC(=O)c1ccc(S(=O)(=O)N2CCOC23CCN(C)CC3)cc1.O=C(c1ccc(S(=O)(=O)N2CCOC23CCNCC3)cc1)C(F)(F)F.O=S(=O)(c1ccc(OC(F)(F)F)cc1)N1CCOC12CCNCC2. The Bertz CT molecular complexity index is 4760. The summed E-state index contributed by atoms with van der Waals surface area (Å²) in [5, 5.41) is 9.59. The van der Waals surface area contributed by atoms with E-state index in [4.69, 9.17) is 28.4 Å². The first kappa shape index (κ1) is 90.5. The molecule has 0 saturated carbocycles. The lowest BCUT2D eigenvalue weighted by atomic mass is 9.99. The van der Waals surface area contributed by atoms with Gasteiger partial charge >= 0.3 is 12.5 Å². The summed E-state index contributed by atoms with van der Waals surface area (Å²) in [6, 6.07) is 27.6. The molecule has 1 amide bonds. The largest absolute Gasteiger partial charge is 0.573 e. The van der Waals surface area contributed by atoms with Gasteiger partial charge in [0.05, 0.1) is 59.7 Å². The van der Waals surface area contributed by atoms with Crippen molar-refractivity contribution in [1.29, 1.82) is 0 Å². The number of nitrogens with one attached hydrogen (secondary N) is 3. The predicted octanol–water partition coefficient (Wildman–Crippen LogP) is 7.69. The fourth-order valence-corrected chi connectivity index (χ4v) is 23.1. The van der Waals surface area contributed by atoms with E-state index in [9.17, 15) is 79.2 Å². The second-order valence-electron chi connectivity index (χ2n) is 29.6. The van der Waals surface area contributed by atoms with Crippen molar-refractivity contribution in [1.82, 2.24) is 47.9 Å². The summed E-state index contributed by atoms with van der Waals surface area (Å²) in [6.07, 6.45) is -1.54. The number of piperidine rings is 5. The molecule has 10 aliphatic rings. The number of hydrogen-bond donors (Lipinski definition) is 3. The van der Waals surface area contributed by atoms with Crippen molar-refractivity contribution in [3.63, 3.8) is 0 Å². The Morgan fingerprint density at radius 1 is 0.419 bits per heavy atom. The third kappa shape index (κ3) is 20.5. The maximum absolute atomic E-state index is 13.1. The topological polar surface area (TPSA) is 328 Å². The first-order chi connectivity index (χ1) is 55.4. The smallest absolute Gasteiger partial charge is 0.497 e. The van der Waals surface area contributed by atoms with Crippen LogP contribution in [0.4, 0.5) is 26.3 Å². The molecule has 5 aromatic carbocycles.